The molecule has 1 fully saturated rings. The summed E-state index contributed by atoms with van der Waals surface area (Å²) in [7, 11) is 3.02. The molecule has 0 aliphatic carbocycles. The zero-order valence-corrected chi connectivity index (χ0v) is 11.1. The smallest absolute Gasteiger partial charge is 0.356 e. The zero-order chi connectivity index (χ0) is 13.7. The van der Waals surface area contributed by atoms with Gasteiger partial charge in [0.05, 0.1) is 13.7 Å². The van der Waals surface area contributed by atoms with Crippen molar-refractivity contribution in [2.24, 2.45) is 0 Å². The Morgan fingerprint density at radius 1 is 1.58 bits per heavy atom. The van der Waals surface area contributed by atoms with Crippen molar-refractivity contribution >= 4 is 11.7 Å². The fourth-order valence-corrected chi connectivity index (χ4v) is 1.98. The SMILES string of the molecule is COC(=O)c1cc(NCC2(OC)CCOC2)ccn1. The minimum Gasteiger partial charge on any atom is -0.464 e. The lowest BCUT2D eigenvalue weighted by Gasteiger charge is -2.26. The molecule has 19 heavy (non-hydrogen) atoms. The van der Waals surface area contributed by atoms with Crippen LogP contribution in [0.25, 0.3) is 0 Å². The van der Waals surface area contributed by atoms with Crippen LogP contribution < -0.4 is 5.32 Å². The molecule has 1 saturated heterocycles. The zero-order valence-electron chi connectivity index (χ0n) is 11.1. The number of hydrogen-bond donors (Lipinski definition) is 1. The molecular formula is C13H18N2O4. The van der Waals surface area contributed by atoms with Crippen molar-refractivity contribution in [1.82, 2.24) is 4.98 Å². The van der Waals surface area contributed by atoms with Gasteiger partial charge in [0.15, 0.2) is 0 Å². The van der Waals surface area contributed by atoms with E-state index in [4.69, 9.17) is 9.47 Å². The van der Waals surface area contributed by atoms with Crippen LogP contribution in [-0.2, 0) is 14.2 Å². The third-order valence-corrected chi connectivity index (χ3v) is 3.27. The van der Waals surface area contributed by atoms with Gasteiger partial charge in [-0.05, 0) is 12.1 Å². The predicted molar refractivity (Wildman–Crippen MR) is 69.2 cm³/mol. The predicted octanol–water partition coefficient (Wildman–Crippen LogP) is 1.09. The number of hydrogen-bond acceptors (Lipinski definition) is 6. The molecule has 1 N–H and O–H groups in total. The second-order valence-corrected chi connectivity index (χ2v) is 4.46. The number of nitrogens with zero attached hydrogens (tertiary/aromatic N) is 1. The first-order valence-electron chi connectivity index (χ1n) is 6.10. The lowest BCUT2D eigenvalue weighted by Crippen LogP contribution is -2.39. The third-order valence-electron chi connectivity index (χ3n) is 3.27. The molecule has 0 aromatic carbocycles. The normalized spacial score (nSPS) is 22.2. The van der Waals surface area contributed by atoms with E-state index in [9.17, 15) is 4.79 Å². The van der Waals surface area contributed by atoms with E-state index < -0.39 is 5.97 Å². The largest absolute Gasteiger partial charge is 0.464 e. The summed E-state index contributed by atoms with van der Waals surface area (Å²) in [6, 6.07) is 3.45. The van der Waals surface area contributed by atoms with Crippen LogP contribution in [0.5, 0.6) is 0 Å². The Morgan fingerprint density at radius 2 is 2.42 bits per heavy atom. The molecule has 2 rings (SSSR count). The van der Waals surface area contributed by atoms with Gasteiger partial charge >= 0.3 is 5.97 Å². The van der Waals surface area contributed by atoms with Crippen molar-refractivity contribution in [3.63, 3.8) is 0 Å². The Bertz CT molecular complexity index is 444. The second kappa shape index (κ2) is 5.99. The van der Waals surface area contributed by atoms with Crippen LogP contribution in [0.3, 0.4) is 0 Å². The highest BCUT2D eigenvalue weighted by molar-refractivity contribution is 5.88. The molecular weight excluding hydrogens is 248 g/mol. The van der Waals surface area contributed by atoms with Crippen LogP contribution in [-0.4, -0.2) is 50.5 Å². The van der Waals surface area contributed by atoms with Crippen LogP contribution in [0.1, 0.15) is 16.9 Å². The molecule has 0 amide bonds. The molecule has 1 aromatic heterocycles. The highest BCUT2D eigenvalue weighted by Crippen LogP contribution is 2.23. The van der Waals surface area contributed by atoms with Crippen molar-refractivity contribution in [2.45, 2.75) is 12.0 Å². The molecule has 0 spiro atoms. The number of carbonyl (C=O) groups excluding carboxylic acids is 1. The van der Waals surface area contributed by atoms with Crippen molar-refractivity contribution in [2.75, 3.05) is 39.3 Å². The molecule has 6 nitrogen and oxygen atoms in total. The monoisotopic (exact) mass is 266 g/mol. The standard InChI is InChI=1S/C13H18N2O4/c1-17-12(16)11-7-10(3-5-14-11)15-8-13(18-2)4-6-19-9-13/h3,5,7H,4,6,8-9H2,1-2H3,(H,14,15). The average molecular weight is 266 g/mol. The van der Waals surface area contributed by atoms with E-state index in [0.717, 1.165) is 12.1 Å². The molecule has 2 heterocycles. The van der Waals surface area contributed by atoms with E-state index in [0.29, 0.717) is 19.8 Å². The summed E-state index contributed by atoms with van der Waals surface area (Å²) in [5.74, 6) is -0.450. The highest BCUT2D eigenvalue weighted by Gasteiger charge is 2.34. The fourth-order valence-electron chi connectivity index (χ4n) is 1.98. The van der Waals surface area contributed by atoms with E-state index in [2.05, 4.69) is 15.0 Å². The molecule has 1 aliphatic heterocycles. The lowest BCUT2D eigenvalue weighted by molar-refractivity contribution is -0.00620. The maximum absolute atomic E-state index is 11.4. The van der Waals surface area contributed by atoms with Crippen LogP contribution >= 0.6 is 0 Å². The van der Waals surface area contributed by atoms with E-state index in [-0.39, 0.29) is 11.3 Å². The Balaban J connectivity index is 2.01. The number of aromatic nitrogens is 1. The Kier molecular flexibility index (Phi) is 4.34. The van der Waals surface area contributed by atoms with Gasteiger partial charge in [-0.25, -0.2) is 9.78 Å². The number of anilines is 1. The van der Waals surface area contributed by atoms with Gasteiger partial charge in [0.1, 0.15) is 11.3 Å². The molecule has 0 radical (unpaired) electrons. The number of carbonyl (C=O) groups is 1. The number of esters is 1. The quantitative estimate of drug-likeness (QED) is 0.804. The minimum absolute atomic E-state index is 0.279. The van der Waals surface area contributed by atoms with Crippen LogP contribution in [0.4, 0.5) is 5.69 Å². The number of methoxy groups -OCH3 is 2. The first-order chi connectivity index (χ1) is 9.19. The van der Waals surface area contributed by atoms with Gasteiger partial charge in [-0.2, -0.15) is 0 Å². The molecule has 6 heteroatoms. The molecule has 1 aromatic rings. The summed E-state index contributed by atoms with van der Waals surface area (Å²) < 4.78 is 15.5. The molecule has 1 atom stereocenters. The molecule has 0 saturated carbocycles. The molecule has 104 valence electrons. The van der Waals surface area contributed by atoms with Gasteiger partial charge in [0, 0.05) is 38.6 Å². The van der Waals surface area contributed by atoms with E-state index in [1.165, 1.54) is 7.11 Å². The summed E-state index contributed by atoms with van der Waals surface area (Å²) in [6.07, 6.45) is 2.42. The van der Waals surface area contributed by atoms with Crippen molar-refractivity contribution in [3.05, 3.63) is 24.0 Å². The number of pyridine rings is 1. The second-order valence-electron chi connectivity index (χ2n) is 4.46. The van der Waals surface area contributed by atoms with Crippen molar-refractivity contribution in [3.8, 4) is 0 Å². The summed E-state index contributed by atoms with van der Waals surface area (Å²) in [5, 5.41) is 3.24. The van der Waals surface area contributed by atoms with Gasteiger partial charge in [-0.1, -0.05) is 0 Å². The first kappa shape index (κ1) is 13.8. The first-order valence-corrected chi connectivity index (χ1v) is 6.10. The summed E-state index contributed by atoms with van der Waals surface area (Å²) in [6.45, 7) is 1.90. The summed E-state index contributed by atoms with van der Waals surface area (Å²) in [5.41, 5.74) is 0.787. The number of rotatable bonds is 5. The van der Waals surface area contributed by atoms with Crippen LogP contribution in [0, 0.1) is 0 Å². The number of nitrogens with one attached hydrogen (secondary N) is 1. The molecule has 1 aliphatic rings. The van der Waals surface area contributed by atoms with E-state index >= 15 is 0 Å². The Morgan fingerprint density at radius 3 is 3.05 bits per heavy atom. The third kappa shape index (κ3) is 3.21. The topological polar surface area (TPSA) is 69.7 Å². The van der Waals surface area contributed by atoms with E-state index in [1.54, 1.807) is 25.4 Å². The van der Waals surface area contributed by atoms with Crippen molar-refractivity contribution in [1.29, 1.82) is 0 Å². The molecule has 0 bridgehead atoms. The van der Waals surface area contributed by atoms with Crippen molar-refractivity contribution < 1.29 is 19.0 Å². The average Bonchev–Trinajstić information content (AvgIpc) is 2.94. The van der Waals surface area contributed by atoms with Gasteiger partial charge < -0.3 is 19.5 Å². The summed E-state index contributed by atoms with van der Waals surface area (Å²) in [4.78, 5) is 15.3. The fraction of sp³-hybridized carbons (Fsp3) is 0.538. The van der Waals surface area contributed by atoms with Gasteiger partial charge in [-0.3, -0.25) is 0 Å². The molecule has 1 unspecified atom stereocenters. The highest BCUT2D eigenvalue weighted by atomic mass is 16.5. The van der Waals surface area contributed by atoms with E-state index in [1.807, 2.05) is 0 Å². The Hall–Kier alpha value is -1.66. The van der Waals surface area contributed by atoms with Gasteiger partial charge in [0.2, 0.25) is 0 Å². The van der Waals surface area contributed by atoms with Crippen LogP contribution in [0.2, 0.25) is 0 Å². The Labute approximate surface area is 112 Å². The van der Waals surface area contributed by atoms with Crippen LogP contribution in [0.15, 0.2) is 18.3 Å². The van der Waals surface area contributed by atoms with Gasteiger partial charge in [0.25, 0.3) is 0 Å². The lowest BCUT2D eigenvalue weighted by atomic mass is 10.0. The maximum Gasteiger partial charge on any atom is 0.356 e. The minimum atomic E-state index is -0.450. The van der Waals surface area contributed by atoms with Gasteiger partial charge in [-0.15, -0.1) is 0 Å². The summed E-state index contributed by atoms with van der Waals surface area (Å²) >= 11 is 0. The number of ether oxygens (including phenoxy) is 3. The maximum atomic E-state index is 11.4.